The molecule has 1 aromatic rings. The van der Waals surface area contributed by atoms with Crippen molar-refractivity contribution >= 4 is 0 Å². The standard InChI is InChI=1S/C20H34N2O5/c1-16(2)26-14-17(23)12-21-8-10-22(11-9-21)13-18(24)15-27-20-6-4-19(25-3)5-7-20/h4-7,16-18,23-24H,8-15H2,1-3H3/t17-,18-/m1/s1. The maximum atomic E-state index is 10.2. The van der Waals surface area contributed by atoms with Gasteiger partial charge in [0, 0.05) is 39.3 Å². The third kappa shape index (κ3) is 8.45. The molecule has 0 amide bonds. The van der Waals surface area contributed by atoms with Crippen LogP contribution in [0.2, 0.25) is 0 Å². The van der Waals surface area contributed by atoms with Gasteiger partial charge in [-0.1, -0.05) is 0 Å². The Morgan fingerprint density at radius 2 is 1.33 bits per heavy atom. The maximum Gasteiger partial charge on any atom is 0.119 e. The lowest BCUT2D eigenvalue weighted by Crippen LogP contribution is -2.51. The van der Waals surface area contributed by atoms with Crippen molar-refractivity contribution < 1.29 is 24.4 Å². The first-order chi connectivity index (χ1) is 13.0. The Kier molecular flexibility index (Phi) is 9.30. The van der Waals surface area contributed by atoms with E-state index in [9.17, 15) is 10.2 Å². The highest BCUT2D eigenvalue weighted by Gasteiger charge is 2.21. The number of nitrogens with zero attached hydrogens (tertiary/aromatic N) is 2. The van der Waals surface area contributed by atoms with Crippen LogP contribution < -0.4 is 9.47 Å². The van der Waals surface area contributed by atoms with E-state index in [4.69, 9.17) is 14.2 Å². The molecule has 0 unspecified atom stereocenters. The van der Waals surface area contributed by atoms with E-state index >= 15 is 0 Å². The van der Waals surface area contributed by atoms with Crippen molar-refractivity contribution in [1.82, 2.24) is 9.80 Å². The summed E-state index contributed by atoms with van der Waals surface area (Å²) in [5.74, 6) is 1.50. The van der Waals surface area contributed by atoms with Crippen LogP contribution in [0.15, 0.2) is 24.3 Å². The number of aliphatic hydroxyl groups excluding tert-OH is 2. The Hall–Kier alpha value is -1.38. The molecule has 7 heteroatoms. The number of rotatable bonds is 11. The SMILES string of the molecule is COc1ccc(OC[C@H](O)CN2CCN(C[C@@H](O)COC(C)C)CC2)cc1. The van der Waals surface area contributed by atoms with Crippen molar-refractivity contribution in [2.24, 2.45) is 0 Å². The summed E-state index contributed by atoms with van der Waals surface area (Å²) in [7, 11) is 1.62. The molecule has 0 radical (unpaired) electrons. The average Bonchev–Trinajstić information content (AvgIpc) is 2.66. The molecule has 1 fully saturated rings. The number of hydrogen-bond acceptors (Lipinski definition) is 7. The van der Waals surface area contributed by atoms with Gasteiger partial charge >= 0.3 is 0 Å². The first kappa shape index (κ1) is 21.9. The Balaban J connectivity index is 1.61. The summed E-state index contributed by atoms with van der Waals surface area (Å²) in [6, 6.07) is 7.33. The van der Waals surface area contributed by atoms with E-state index in [-0.39, 0.29) is 12.7 Å². The fourth-order valence-corrected chi connectivity index (χ4v) is 3.02. The summed E-state index contributed by atoms with van der Waals surface area (Å²) < 4.78 is 16.2. The summed E-state index contributed by atoms with van der Waals surface area (Å²) >= 11 is 0. The minimum Gasteiger partial charge on any atom is -0.497 e. The maximum absolute atomic E-state index is 10.2. The number of β-amino-alcohol motifs (C(OH)–C–C–N with tert-alkyl or cyclic N) is 2. The van der Waals surface area contributed by atoms with Crippen LogP contribution in [0.5, 0.6) is 11.5 Å². The minimum absolute atomic E-state index is 0.137. The van der Waals surface area contributed by atoms with Gasteiger partial charge in [-0.3, -0.25) is 9.80 Å². The molecule has 154 valence electrons. The van der Waals surface area contributed by atoms with Gasteiger partial charge in [-0.05, 0) is 38.1 Å². The molecular weight excluding hydrogens is 348 g/mol. The second-order valence-electron chi connectivity index (χ2n) is 7.28. The van der Waals surface area contributed by atoms with Crippen LogP contribution >= 0.6 is 0 Å². The van der Waals surface area contributed by atoms with Crippen LogP contribution in [0, 0.1) is 0 Å². The van der Waals surface area contributed by atoms with Gasteiger partial charge in [0.25, 0.3) is 0 Å². The first-order valence-electron chi connectivity index (χ1n) is 9.65. The molecule has 2 atom stereocenters. The van der Waals surface area contributed by atoms with Gasteiger partial charge < -0.3 is 24.4 Å². The van der Waals surface area contributed by atoms with Crippen LogP contribution in [0.25, 0.3) is 0 Å². The van der Waals surface area contributed by atoms with E-state index in [1.54, 1.807) is 7.11 Å². The molecule has 1 aromatic carbocycles. The highest BCUT2D eigenvalue weighted by Crippen LogP contribution is 2.17. The number of piperazine rings is 1. The predicted octanol–water partition coefficient (Wildman–Crippen LogP) is 0.838. The van der Waals surface area contributed by atoms with Crippen molar-refractivity contribution in [1.29, 1.82) is 0 Å². The van der Waals surface area contributed by atoms with Crippen LogP contribution in [-0.2, 0) is 4.74 Å². The first-order valence-corrected chi connectivity index (χ1v) is 9.65. The smallest absolute Gasteiger partial charge is 0.119 e. The summed E-state index contributed by atoms with van der Waals surface area (Å²) in [5, 5.41) is 20.3. The summed E-state index contributed by atoms with van der Waals surface area (Å²) in [6.45, 7) is 9.29. The molecule has 0 bridgehead atoms. The van der Waals surface area contributed by atoms with Crippen LogP contribution in [0.3, 0.4) is 0 Å². The van der Waals surface area contributed by atoms with Gasteiger partial charge in [-0.2, -0.15) is 0 Å². The van der Waals surface area contributed by atoms with Gasteiger partial charge in [0.15, 0.2) is 0 Å². The highest BCUT2D eigenvalue weighted by molar-refractivity contribution is 5.31. The van der Waals surface area contributed by atoms with Gasteiger partial charge in [0.2, 0.25) is 0 Å². The summed E-state index contributed by atoms with van der Waals surface area (Å²) in [6.07, 6.45) is -0.857. The Morgan fingerprint density at radius 1 is 0.852 bits per heavy atom. The lowest BCUT2D eigenvalue weighted by Gasteiger charge is -2.36. The average molecular weight is 383 g/mol. The van der Waals surface area contributed by atoms with E-state index in [2.05, 4.69) is 9.80 Å². The number of benzene rings is 1. The topological polar surface area (TPSA) is 74.6 Å². The molecule has 2 rings (SSSR count). The molecule has 2 N–H and O–H groups in total. The monoisotopic (exact) mass is 382 g/mol. The van der Waals surface area contributed by atoms with Crippen molar-refractivity contribution in [2.75, 3.05) is 59.6 Å². The summed E-state index contributed by atoms with van der Waals surface area (Å²) in [4.78, 5) is 4.47. The molecule has 1 aliphatic rings. The van der Waals surface area contributed by atoms with E-state index in [1.807, 2.05) is 38.1 Å². The van der Waals surface area contributed by atoms with E-state index in [1.165, 1.54) is 0 Å². The van der Waals surface area contributed by atoms with Crippen molar-refractivity contribution in [3.63, 3.8) is 0 Å². The quantitative estimate of drug-likeness (QED) is 0.587. The van der Waals surface area contributed by atoms with Crippen LogP contribution in [0.1, 0.15) is 13.8 Å². The zero-order valence-electron chi connectivity index (χ0n) is 16.7. The molecule has 27 heavy (non-hydrogen) atoms. The molecule has 0 aliphatic carbocycles. The van der Waals surface area contributed by atoms with Crippen LogP contribution in [0.4, 0.5) is 0 Å². The molecule has 1 heterocycles. The molecule has 0 aromatic heterocycles. The fraction of sp³-hybridized carbons (Fsp3) is 0.700. The minimum atomic E-state index is -0.538. The lowest BCUT2D eigenvalue weighted by molar-refractivity contribution is -0.0176. The third-order valence-corrected chi connectivity index (χ3v) is 4.53. The van der Waals surface area contributed by atoms with Crippen molar-refractivity contribution in [3.8, 4) is 11.5 Å². The van der Waals surface area contributed by atoms with Gasteiger partial charge in [-0.15, -0.1) is 0 Å². The summed E-state index contributed by atoms with van der Waals surface area (Å²) in [5.41, 5.74) is 0. The Bertz CT molecular complexity index is 518. The van der Waals surface area contributed by atoms with E-state index in [0.717, 1.165) is 37.7 Å². The zero-order chi connectivity index (χ0) is 19.6. The van der Waals surface area contributed by atoms with E-state index in [0.29, 0.717) is 19.7 Å². The second kappa shape index (κ2) is 11.5. The van der Waals surface area contributed by atoms with Crippen molar-refractivity contribution in [3.05, 3.63) is 24.3 Å². The molecule has 1 saturated heterocycles. The molecule has 1 aliphatic heterocycles. The molecule has 7 nitrogen and oxygen atoms in total. The third-order valence-electron chi connectivity index (χ3n) is 4.53. The Morgan fingerprint density at radius 3 is 1.81 bits per heavy atom. The van der Waals surface area contributed by atoms with Gasteiger partial charge in [-0.25, -0.2) is 0 Å². The fourth-order valence-electron chi connectivity index (χ4n) is 3.02. The zero-order valence-corrected chi connectivity index (χ0v) is 16.7. The number of hydrogen-bond donors (Lipinski definition) is 2. The van der Waals surface area contributed by atoms with Gasteiger partial charge in [0.1, 0.15) is 24.2 Å². The lowest BCUT2D eigenvalue weighted by atomic mass is 10.2. The largest absolute Gasteiger partial charge is 0.497 e. The normalized spacial score (nSPS) is 18.4. The molecular formula is C20H34N2O5. The number of aliphatic hydroxyl groups is 2. The van der Waals surface area contributed by atoms with E-state index < -0.39 is 12.2 Å². The molecule has 0 spiro atoms. The second-order valence-corrected chi connectivity index (χ2v) is 7.28. The van der Waals surface area contributed by atoms with Crippen molar-refractivity contribution in [2.45, 2.75) is 32.2 Å². The van der Waals surface area contributed by atoms with Gasteiger partial charge in [0.05, 0.1) is 25.9 Å². The highest BCUT2D eigenvalue weighted by atomic mass is 16.5. The number of methoxy groups -OCH3 is 1. The molecule has 0 saturated carbocycles. The predicted molar refractivity (Wildman–Crippen MR) is 104 cm³/mol. The Labute approximate surface area is 162 Å². The van der Waals surface area contributed by atoms with Crippen LogP contribution in [-0.4, -0.2) is 97.9 Å². The number of ether oxygens (including phenoxy) is 3.